The van der Waals surface area contributed by atoms with Crippen LogP contribution in [0.2, 0.25) is 0 Å². The zero-order chi connectivity index (χ0) is 13.4. The molecule has 19 heavy (non-hydrogen) atoms. The van der Waals surface area contributed by atoms with Crippen molar-refractivity contribution in [3.05, 3.63) is 41.3 Å². The SMILES string of the molecule is CC(C)c1cc(CNC2CC2)c2cc(F)ccc2n1. The first kappa shape index (κ1) is 12.5. The van der Waals surface area contributed by atoms with Crippen molar-refractivity contribution in [1.29, 1.82) is 0 Å². The molecule has 0 aliphatic heterocycles. The zero-order valence-electron chi connectivity index (χ0n) is 11.4. The Kier molecular flexibility index (Phi) is 3.23. The molecular weight excluding hydrogens is 239 g/mol. The number of aromatic nitrogens is 1. The number of rotatable bonds is 4. The fourth-order valence-corrected chi connectivity index (χ4v) is 2.27. The normalized spacial score (nSPS) is 15.4. The highest BCUT2D eigenvalue weighted by Crippen LogP contribution is 2.25. The van der Waals surface area contributed by atoms with Crippen molar-refractivity contribution in [3.63, 3.8) is 0 Å². The van der Waals surface area contributed by atoms with Gasteiger partial charge in [0.05, 0.1) is 5.52 Å². The molecule has 0 atom stereocenters. The standard InChI is InChI=1S/C16H19FN2/c1-10(2)16-7-11(9-18-13-4-5-13)14-8-12(17)3-6-15(14)19-16/h3,6-8,10,13,18H,4-5,9H2,1-2H3. The van der Waals surface area contributed by atoms with Gasteiger partial charge in [0, 0.05) is 23.7 Å². The van der Waals surface area contributed by atoms with E-state index in [9.17, 15) is 4.39 Å². The minimum atomic E-state index is -0.195. The number of hydrogen-bond acceptors (Lipinski definition) is 2. The average Bonchev–Trinajstić information content (AvgIpc) is 3.19. The predicted octanol–water partition coefficient (Wildman–Crippen LogP) is 3.75. The van der Waals surface area contributed by atoms with Crippen LogP contribution in [0.15, 0.2) is 24.3 Å². The molecule has 1 fully saturated rings. The lowest BCUT2D eigenvalue weighted by atomic mass is 10.0. The second-order valence-electron chi connectivity index (χ2n) is 5.68. The second kappa shape index (κ2) is 4.89. The fourth-order valence-electron chi connectivity index (χ4n) is 2.27. The van der Waals surface area contributed by atoms with Gasteiger partial charge in [-0.05, 0) is 48.6 Å². The predicted molar refractivity (Wildman–Crippen MR) is 75.7 cm³/mol. The molecule has 0 spiro atoms. The van der Waals surface area contributed by atoms with Gasteiger partial charge in [0.15, 0.2) is 0 Å². The van der Waals surface area contributed by atoms with Crippen molar-refractivity contribution in [2.24, 2.45) is 0 Å². The average molecular weight is 258 g/mol. The Morgan fingerprint density at radius 1 is 1.32 bits per heavy atom. The summed E-state index contributed by atoms with van der Waals surface area (Å²) in [4.78, 5) is 4.62. The van der Waals surface area contributed by atoms with E-state index in [1.807, 2.05) is 0 Å². The lowest BCUT2D eigenvalue weighted by molar-refractivity contribution is 0.629. The molecule has 0 amide bonds. The van der Waals surface area contributed by atoms with E-state index in [2.05, 4.69) is 30.2 Å². The number of hydrogen-bond donors (Lipinski definition) is 1. The molecular formula is C16H19FN2. The molecule has 1 aromatic carbocycles. The topological polar surface area (TPSA) is 24.9 Å². The number of pyridine rings is 1. The van der Waals surface area contributed by atoms with Crippen LogP contribution >= 0.6 is 0 Å². The molecule has 3 heteroatoms. The highest BCUT2D eigenvalue weighted by Gasteiger charge is 2.20. The summed E-state index contributed by atoms with van der Waals surface area (Å²) in [5.41, 5.74) is 3.12. The minimum absolute atomic E-state index is 0.195. The molecule has 3 rings (SSSR count). The molecule has 1 aromatic heterocycles. The summed E-state index contributed by atoms with van der Waals surface area (Å²) in [7, 11) is 0. The van der Waals surface area contributed by atoms with Gasteiger partial charge in [0.2, 0.25) is 0 Å². The van der Waals surface area contributed by atoms with Crippen molar-refractivity contribution < 1.29 is 4.39 Å². The van der Waals surface area contributed by atoms with Crippen LogP contribution in [-0.4, -0.2) is 11.0 Å². The fraction of sp³-hybridized carbons (Fsp3) is 0.438. The monoisotopic (exact) mass is 258 g/mol. The van der Waals surface area contributed by atoms with E-state index in [1.54, 1.807) is 12.1 Å². The number of halogens is 1. The molecule has 1 aliphatic carbocycles. The quantitative estimate of drug-likeness (QED) is 0.903. The lowest BCUT2D eigenvalue weighted by Crippen LogP contribution is -2.16. The Labute approximate surface area is 113 Å². The largest absolute Gasteiger partial charge is 0.310 e. The molecule has 0 saturated heterocycles. The molecule has 100 valence electrons. The first-order valence-electron chi connectivity index (χ1n) is 6.96. The van der Waals surface area contributed by atoms with E-state index in [0.717, 1.165) is 28.7 Å². The van der Waals surface area contributed by atoms with Crippen LogP contribution in [-0.2, 0) is 6.54 Å². The Hall–Kier alpha value is -1.48. The molecule has 2 aromatic rings. The van der Waals surface area contributed by atoms with E-state index in [1.165, 1.54) is 18.9 Å². The van der Waals surface area contributed by atoms with E-state index < -0.39 is 0 Å². The molecule has 0 radical (unpaired) electrons. The Morgan fingerprint density at radius 3 is 2.79 bits per heavy atom. The Balaban J connectivity index is 2.04. The number of nitrogens with zero attached hydrogens (tertiary/aromatic N) is 1. The van der Waals surface area contributed by atoms with Crippen LogP contribution in [0, 0.1) is 5.82 Å². The molecule has 1 saturated carbocycles. The Morgan fingerprint density at radius 2 is 2.11 bits per heavy atom. The zero-order valence-corrected chi connectivity index (χ0v) is 11.4. The third-order valence-corrected chi connectivity index (χ3v) is 3.63. The maximum absolute atomic E-state index is 13.4. The minimum Gasteiger partial charge on any atom is -0.310 e. The van der Waals surface area contributed by atoms with Crippen LogP contribution in [0.4, 0.5) is 4.39 Å². The van der Waals surface area contributed by atoms with E-state index in [4.69, 9.17) is 0 Å². The van der Waals surface area contributed by atoms with Crippen molar-refractivity contribution in [2.75, 3.05) is 0 Å². The van der Waals surface area contributed by atoms with Gasteiger partial charge in [0.25, 0.3) is 0 Å². The Bertz CT molecular complexity index is 603. The van der Waals surface area contributed by atoms with Crippen molar-refractivity contribution >= 4 is 10.9 Å². The van der Waals surface area contributed by atoms with Crippen LogP contribution < -0.4 is 5.32 Å². The lowest BCUT2D eigenvalue weighted by Gasteiger charge is -2.12. The van der Waals surface area contributed by atoms with Crippen LogP contribution in [0.25, 0.3) is 10.9 Å². The molecule has 1 aliphatic rings. The third-order valence-electron chi connectivity index (χ3n) is 3.63. The first-order chi connectivity index (χ1) is 9.13. The highest BCUT2D eigenvalue weighted by atomic mass is 19.1. The summed E-state index contributed by atoms with van der Waals surface area (Å²) in [6, 6.07) is 7.62. The van der Waals surface area contributed by atoms with Gasteiger partial charge >= 0.3 is 0 Å². The number of fused-ring (bicyclic) bond motifs is 1. The second-order valence-corrected chi connectivity index (χ2v) is 5.68. The van der Waals surface area contributed by atoms with Gasteiger partial charge in [-0.15, -0.1) is 0 Å². The van der Waals surface area contributed by atoms with Crippen molar-refractivity contribution in [2.45, 2.75) is 45.2 Å². The smallest absolute Gasteiger partial charge is 0.123 e. The summed E-state index contributed by atoms with van der Waals surface area (Å²) >= 11 is 0. The van der Waals surface area contributed by atoms with Gasteiger partial charge in [-0.2, -0.15) is 0 Å². The molecule has 0 unspecified atom stereocenters. The van der Waals surface area contributed by atoms with Crippen molar-refractivity contribution in [3.8, 4) is 0 Å². The summed E-state index contributed by atoms with van der Waals surface area (Å²) in [5.74, 6) is 0.188. The van der Waals surface area contributed by atoms with Crippen LogP contribution in [0.1, 0.15) is 43.9 Å². The number of nitrogens with one attached hydrogen (secondary N) is 1. The van der Waals surface area contributed by atoms with Gasteiger partial charge in [-0.25, -0.2) is 4.39 Å². The summed E-state index contributed by atoms with van der Waals surface area (Å²) in [6.07, 6.45) is 2.52. The summed E-state index contributed by atoms with van der Waals surface area (Å²) in [5, 5.41) is 4.43. The number of benzene rings is 1. The summed E-state index contributed by atoms with van der Waals surface area (Å²) < 4.78 is 13.4. The first-order valence-corrected chi connectivity index (χ1v) is 6.96. The van der Waals surface area contributed by atoms with E-state index >= 15 is 0 Å². The maximum Gasteiger partial charge on any atom is 0.123 e. The van der Waals surface area contributed by atoms with E-state index in [-0.39, 0.29) is 5.82 Å². The van der Waals surface area contributed by atoms with Gasteiger partial charge in [-0.3, -0.25) is 4.98 Å². The van der Waals surface area contributed by atoms with Crippen LogP contribution in [0.3, 0.4) is 0 Å². The molecule has 1 N–H and O–H groups in total. The highest BCUT2D eigenvalue weighted by molar-refractivity contribution is 5.82. The van der Waals surface area contributed by atoms with Gasteiger partial charge in [0.1, 0.15) is 5.82 Å². The molecule has 0 bridgehead atoms. The molecule has 1 heterocycles. The maximum atomic E-state index is 13.4. The van der Waals surface area contributed by atoms with Crippen LogP contribution in [0.5, 0.6) is 0 Å². The third kappa shape index (κ3) is 2.76. The van der Waals surface area contributed by atoms with Gasteiger partial charge < -0.3 is 5.32 Å². The van der Waals surface area contributed by atoms with Gasteiger partial charge in [-0.1, -0.05) is 13.8 Å². The van der Waals surface area contributed by atoms with Crippen molar-refractivity contribution in [1.82, 2.24) is 10.3 Å². The molecule has 2 nitrogen and oxygen atoms in total. The summed E-state index contributed by atoms with van der Waals surface area (Å²) in [6.45, 7) is 5.07. The van der Waals surface area contributed by atoms with E-state index in [0.29, 0.717) is 12.0 Å².